The van der Waals surface area contributed by atoms with Crippen molar-refractivity contribution in [3.05, 3.63) is 46.0 Å². The van der Waals surface area contributed by atoms with Crippen LogP contribution in [0.2, 0.25) is 0 Å². The molecule has 19 heavy (non-hydrogen) atoms. The first-order chi connectivity index (χ1) is 9.15. The van der Waals surface area contributed by atoms with Crippen molar-refractivity contribution in [3.63, 3.8) is 0 Å². The van der Waals surface area contributed by atoms with Crippen LogP contribution in [0.3, 0.4) is 0 Å². The van der Waals surface area contributed by atoms with Crippen LogP contribution >= 0.6 is 15.9 Å². The van der Waals surface area contributed by atoms with Crippen LogP contribution in [0.25, 0.3) is 0 Å². The van der Waals surface area contributed by atoms with E-state index in [1.165, 1.54) is 12.8 Å². The maximum Gasteiger partial charge on any atom is 0.215 e. The third-order valence-corrected chi connectivity index (χ3v) is 4.04. The number of hydrogen-bond donors (Lipinski definition) is 0. The molecule has 98 valence electrons. The summed E-state index contributed by atoms with van der Waals surface area (Å²) in [4.78, 5) is 16.5. The minimum absolute atomic E-state index is 0.0855. The van der Waals surface area contributed by atoms with E-state index in [1.807, 2.05) is 17.8 Å². The number of carbonyl (C=O) groups excluding carboxylic acids is 1. The third kappa shape index (κ3) is 2.61. The first-order valence-corrected chi connectivity index (χ1v) is 7.12. The molecule has 0 unspecified atom stereocenters. The van der Waals surface area contributed by atoms with Gasteiger partial charge in [0.1, 0.15) is 10.3 Å². The van der Waals surface area contributed by atoms with Gasteiger partial charge in [0.2, 0.25) is 5.78 Å². The van der Waals surface area contributed by atoms with E-state index in [0.29, 0.717) is 15.9 Å². The Bertz CT molecular complexity index is 631. The lowest BCUT2D eigenvalue weighted by Gasteiger charge is -1.98. The number of ketones is 1. The zero-order valence-corrected chi connectivity index (χ0v) is 12.2. The zero-order valence-electron chi connectivity index (χ0n) is 10.6. The highest BCUT2D eigenvalue weighted by Gasteiger charge is 2.24. The van der Waals surface area contributed by atoms with Crippen molar-refractivity contribution in [1.29, 1.82) is 0 Å². The summed E-state index contributed by atoms with van der Waals surface area (Å²) in [5.41, 5.74) is 2.18. The SMILES string of the molecule is Cn1nc(C(=O)c2cccnc2Br)cc1CC1CC1. The van der Waals surface area contributed by atoms with Crippen molar-refractivity contribution in [1.82, 2.24) is 14.8 Å². The van der Waals surface area contributed by atoms with Crippen LogP contribution in [0.4, 0.5) is 0 Å². The van der Waals surface area contributed by atoms with Crippen LogP contribution in [-0.2, 0) is 13.5 Å². The number of hydrogen-bond acceptors (Lipinski definition) is 3. The minimum atomic E-state index is -0.0855. The summed E-state index contributed by atoms with van der Waals surface area (Å²) < 4.78 is 2.38. The first-order valence-electron chi connectivity index (χ1n) is 6.33. The van der Waals surface area contributed by atoms with Gasteiger partial charge in [-0.2, -0.15) is 5.10 Å². The van der Waals surface area contributed by atoms with Gasteiger partial charge in [0, 0.05) is 18.9 Å². The number of pyridine rings is 1. The predicted octanol–water partition coefficient (Wildman–Crippen LogP) is 2.76. The van der Waals surface area contributed by atoms with E-state index < -0.39 is 0 Å². The fraction of sp³-hybridized carbons (Fsp3) is 0.357. The van der Waals surface area contributed by atoms with Gasteiger partial charge in [-0.15, -0.1) is 0 Å². The normalized spacial score (nSPS) is 14.6. The Morgan fingerprint density at radius 3 is 3.00 bits per heavy atom. The average Bonchev–Trinajstić information content (AvgIpc) is 3.13. The molecule has 1 aliphatic rings. The van der Waals surface area contributed by atoms with Crippen LogP contribution in [0, 0.1) is 5.92 Å². The smallest absolute Gasteiger partial charge is 0.215 e. The van der Waals surface area contributed by atoms with Gasteiger partial charge >= 0.3 is 0 Å². The van der Waals surface area contributed by atoms with E-state index in [2.05, 4.69) is 26.0 Å². The van der Waals surface area contributed by atoms with E-state index in [9.17, 15) is 4.79 Å². The second-order valence-corrected chi connectivity index (χ2v) is 5.71. The van der Waals surface area contributed by atoms with Gasteiger partial charge in [-0.25, -0.2) is 4.98 Å². The van der Waals surface area contributed by atoms with E-state index in [4.69, 9.17) is 0 Å². The van der Waals surface area contributed by atoms with E-state index in [-0.39, 0.29) is 5.78 Å². The second kappa shape index (κ2) is 4.89. The quantitative estimate of drug-likeness (QED) is 0.643. The monoisotopic (exact) mass is 319 g/mol. The molecule has 3 rings (SSSR count). The summed E-state index contributed by atoms with van der Waals surface area (Å²) in [6.45, 7) is 0. The number of aryl methyl sites for hydroxylation is 1. The number of aromatic nitrogens is 3. The molecule has 1 saturated carbocycles. The Morgan fingerprint density at radius 2 is 2.32 bits per heavy atom. The van der Waals surface area contributed by atoms with Gasteiger partial charge in [0.25, 0.3) is 0 Å². The molecule has 2 aromatic rings. The number of carbonyl (C=O) groups is 1. The number of halogens is 1. The zero-order chi connectivity index (χ0) is 13.4. The lowest BCUT2D eigenvalue weighted by Crippen LogP contribution is -2.05. The Hall–Kier alpha value is -1.49. The van der Waals surface area contributed by atoms with Crippen molar-refractivity contribution in [2.24, 2.45) is 13.0 Å². The maximum absolute atomic E-state index is 12.4. The molecule has 0 N–H and O–H groups in total. The standard InChI is InChI=1S/C14H14BrN3O/c1-18-10(7-9-4-5-9)8-12(17-18)13(19)11-3-2-6-16-14(11)15/h2-3,6,8-9H,4-5,7H2,1H3. The molecule has 0 atom stereocenters. The van der Waals surface area contributed by atoms with Crippen LogP contribution in [0.1, 0.15) is 34.6 Å². The summed E-state index contributed by atoms with van der Waals surface area (Å²) in [7, 11) is 1.90. The van der Waals surface area contributed by atoms with Gasteiger partial charge in [-0.1, -0.05) is 0 Å². The van der Waals surface area contributed by atoms with Gasteiger partial charge in [0.15, 0.2) is 0 Å². The highest BCUT2D eigenvalue weighted by Crippen LogP contribution is 2.32. The van der Waals surface area contributed by atoms with Crippen LogP contribution < -0.4 is 0 Å². The number of nitrogens with zero attached hydrogens (tertiary/aromatic N) is 3. The van der Waals surface area contributed by atoms with Gasteiger partial charge < -0.3 is 0 Å². The molecule has 0 aliphatic heterocycles. The molecule has 0 aromatic carbocycles. The minimum Gasteiger partial charge on any atom is -0.287 e. The fourth-order valence-corrected chi connectivity index (χ4v) is 2.55. The average molecular weight is 320 g/mol. The van der Waals surface area contributed by atoms with E-state index in [1.54, 1.807) is 18.3 Å². The number of rotatable bonds is 4. The maximum atomic E-state index is 12.4. The van der Waals surface area contributed by atoms with Crippen molar-refractivity contribution >= 4 is 21.7 Å². The summed E-state index contributed by atoms with van der Waals surface area (Å²) >= 11 is 3.30. The lowest BCUT2D eigenvalue weighted by molar-refractivity contribution is 0.103. The molecule has 0 bridgehead atoms. The highest BCUT2D eigenvalue weighted by atomic mass is 79.9. The molecule has 0 spiro atoms. The van der Waals surface area contributed by atoms with Crippen molar-refractivity contribution in [2.75, 3.05) is 0 Å². The van der Waals surface area contributed by atoms with Crippen molar-refractivity contribution in [2.45, 2.75) is 19.3 Å². The summed E-state index contributed by atoms with van der Waals surface area (Å²) in [6.07, 6.45) is 5.26. The molecule has 5 heteroatoms. The molecule has 4 nitrogen and oxygen atoms in total. The topological polar surface area (TPSA) is 47.8 Å². The van der Waals surface area contributed by atoms with Crippen LogP contribution in [0.15, 0.2) is 29.0 Å². The van der Waals surface area contributed by atoms with Gasteiger partial charge in [0.05, 0.1) is 5.56 Å². The van der Waals surface area contributed by atoms with Gasteiger partial charge in [-0.3, -0.25) is 9.48 Å². The second-order valence-electron chi connectivity index (χ2n) is 4.96. The molecule has 1 fully saturated rings. The molecular weight excluding hydrogens is 306 g/mol. The summed E-state index contributed by atoms with van der Waals surface area (Å²) in [6, 6.07) is 5.42. The Balaban J connectivity index is 1.89. The molecule has 2 aromatic heterocycles. The third-order valence-electron chi connectivity index (χ3n) is 3.41. The van der Waals surface area contributed by atoms with E-state index >= 15 is 0 Å². The van der Waals surface area contributed by atoms with Gasteiger partial charge in [-0.05, 0) is 59.3 Å². The molecule has 0 amide bonds. The predicted molar refractivity (Wildman–Crippen MR) is 75.0 cm³/mol. The molecule has 0 saturated heterocycles. The van der Waals surface area contributed by atoms with Crippen LogP contribution in [0.5, 0.6) is 0 Å². The van der Waals surface area contributed by atoms with E-state index in [0.717, 1.165) is 18.0 Å². The first kappa shape index (κ1) is 12.5. The van der Waals surface area contributed by atoms with Crippen LogP contribution in [-0.4, -0.2) is 20.5 Å². The van der Waals surface area contributed by atoms with Crippen molar-refractivity contribution < 1.29 is 4.79 Å². The lowest BCUT2D eigenvalue weighted by atomic mass is 10.1. The van der Waals surface area contributed by atoms with Crippen molar-refractivity contribution in [3.8, 4) is 0 Å². The Morgan fingerprint density at radius 1 is 1.53 bits per heavy atom. The molecule has 0 radical (unpaired) electrons. The molecule has 2 heterocycles. The Kier molecular flexibility index (Phi) is 3.22. The largest absolute Gasteiger partial charge is 0.287 e. The Labute approximate surface area is 120 Å². The highest BCUT2D eigenvalue weighted by molar-refractivity contribution is 9.10. The summed E-state index contributed by atoms with van der Waals surface area (Å²) in [5.74, 6) is 0.695. The fourth-order valence-electron chi connectivity index (χ4n) is 2.12. The molecule has 1 aliphatic carbocycles. The summed E-state index contributed by atoms with van der Waals surface area (Å²) in [5, 5.41) is 4.33. The molecular formula is C14H14BrN3O.